The number of carbonyl (C=O) groups excluding carboxylic acids is 1. The first-order chi connectivity index (χ1) is 13.1. The zero-order valence-corrected chi connectivity index (χ0v) is 15.6. The van der Waals surface area contributed by atoms with Gasteiger partial charge in [0.15, 0.2) is 0 Å². The molecule has 0 radical (unpaired) electrons. The van der Waals surface area contributed by atoms with Crippen LogP contribution in [0.2, 0.25) is 0 Å². The molecule has 2 fully saturated rings. The van der Waals surface area contributed by atoms with E-state index in [9.17, 15) is 9.59 Å². The number of ether oxygens (including phenoxy) is 1. The molecule has 1 amide bonds. The third-order valence-corrected chi connectivity index (χ3v) is 5.62. The Morgan fingerprint density at radius 2 is 2.11 bits per heavy atom. The molecule has 0 saturated carbocycles. The Balaban J connectivity index is 1.56. The fourth-order valence-corrected chi connectivity index (χ4v) is 4.15. The molecular formula is C20H25N3O4. The van der Waals surface area contributed by atoms with Crippen LogP contribution in [0, 0.1) is 6.92 Å². The minimum Gasteiger partial charge on any atom is -0.427 e. The predicted octanol–water partition coefficient (Wildman–Crippen LogP) is 2.34. The Hall–Kier alpha value is -2.41. The lowest BCUT2D eigenvalue weighted by Gasteiger charge is -2.26. The molecule has 1 unspecified atom stereocenters. The normalized spacial score (nSPS) is 20.9. The second kappa shape index (κ2) is 7.68. The number of hydrogen-bond acceptors (Lipinski definition) is 5. The lowest BCUT2D eigenvalue weighted by molar-refractivity contribution is 0.0712. The van der Waals surface area contributed by atoms with Gasteiger partial charge in [0, 0.05) is 44.6 Å². The molecule has 0 aliphatic carbocycles. The second-order valence-electron chi connectivity index (χ2n) is 7.43. The van der Waals surface area contributed by atoms with Crippen molar-refractivity contribution in [1.82, 2.24) is 14.5 Å². The Morgan fingerprint density at radius 3 is 2.81 bits per heavy atom. The summed E-state index contributed by atoms with van der Waals surface area (Å²) in [6.07, 6.45) is 8.93. The number of imidazole rings is 1. The van der Waals surface area contributed by atoms with E-state index >= 15 is 0 Å². The third kappa shape index (κ3) is 3.69. The van der Waals surface area contributed by atoms with Crippen LogP contribution in [0.15, 0.2) is 34.0 Å². The predicted molar refractivity (Wildman–Crippen MR) is 98.8 cm³/mol. The highest BCUT2D eigenvalue weighted by Crippen LogP contribution is 2.28. The highest BCUT2D eigenvalue weighted by molar-refractivity contribution is 5.95. The van der Waals surface area contributed by atoms with Crippen molar-refractivity contribution in [2.24, 2.45) is 0 Å². The third-order valence-electron chi connectivity index (χ3n) is 5.62. The molecule has 1 atom stereocenters. The number of aromatic nitrogens is 2. The van der Waals surface area contributed by atoms with Crippen molar-refractivity contribution in [3.05, 3.63) is 52.1 Å². The Bertz CT molecular complexity index is 853. The van der Waals surface area contributed by atoms with E-state index in [-0.39, 0.29) is 23.4 Å². The molecule has 7 heteroatoms. The van der Waals surface area contributed by atoms with Gasteiger partial charge in [-0.25, -0.2) is 9.78 Å². The van der Waals surface area contributed by atoms with Crippen LogP contribution in [0.1, 0.15) is 53.3 Å². The van der Waals surface area contributed by atoms with E-state index in [1.165, 1.54) is 0 Å². The van der Waals surface area contributed by atoms with Crippen LogP contribution in [0.4, 0.5) is 0 Å². The highest BCUT2D eigenvalue weighted by Gasteiger charge is 2.32. The number of carbonyl (C=O) groups is 1. The summed E-state index contributed by atoms with van der Waals surface area (Å²) in [5.41, 5.74) is 0.351. The first-order valence-corrected chi connectivity index (χ1v) is 9.62. The van der Waals surface area contributed by atoms with E-state index in [2.05, 4.69) is 4.98 Å². The monoisotopic (exact) mass is 371 g/mol. The van der Waals surface area contributed by atoms with Crippen molar-refractivity contribution in [1.29, 1.82) is 0 Å². The maximum atomic E-state index is 13.1. The van der Waals surface area contributed by atoms with Gasteiger partial charge in [-0.2, -0.15) is 0 Å². The highest BCUT2D eigenvalue weighted by atomic mass is 16.5. The summed E-state index contributed by atoms with van der Waals surface area (Å²) in [5.74, 6) is 0.645. The molecule has 2 saturated heterocycles. The van der Waals surface area contributed by atoms with Gasteiger partial charge < -0.3 is 18.6 Å². The van der Waals surface area contributed by atoms with Crippen molar-refractivity contribution in [3.8, 4) is 0 Å². The van der Waals surface area contributed by atoms with E-state index < -0.39 is 5.63 Å². The quantitative estimate of drug-likeness (QED) is 0.824. The lowest BCUT2D eigenvalue weighted by Crippen LogP contribution is -2.40. The number of rotatable bonds is 4. The summed E-state index contributed by atoms with van der Waals surface area (Å²) in [7, 11) is 0. The summed E-state index contributed by atoms with van der Waals surface area (Å²) >= 11 is 0. The van der Waals surface area contributed by atoms with Crippen LogP contribution in [-0.2, 0) is 11.3 Å². The van der Waals surface area contributed by atoms with Gasteiger partial charge in [-0.3, -0.25) is 4.79 Å². The van der Waals surface area contributed by atoms with Crippen LogP contribution >= 0.6 is 0 Å². The van der Waals surface area contributed by atoms with Crippen molar-refractivity contribution in [2.75, 3.05) is 19.8 Å². The van der Waals surface area contributed by atoms with E-state index in [0.717, 1.165) is 25.7 Å². The average molecular weight is 371 g/mol. The molecule has 2 aromatic rings. The SMILES string of the molecule is Cc1cc(C2CCOCC2)oc(=O)c1C(=O)N1CCCC1Cn1ccnc1. The van der Waals surface area contributed by atoms with Crippen LogP contribution < -0.4 is 5.63 Å². The van der Waals surface area contributed by atoms with Gasteiger partial charge in [0.2, 0.25) is 0 Å². The Morgan fingerprint density at radius 1 is 1.30 bits per heavy atom. The summed E-state index contributed by atoms with van der Waals surface area (Å²) < 4.78 is 12.9. The fourth-order valence-electron chi connectivity index (χ4n) is 4.15. The summed E-state index contributed by atoms with van der Waals surface area (Å²) in [5, 5.41) is 0. The smallest absolute Gasteiger partial charge is 0.349 e. The van der Waals surface area contributed by atoms with Crippen LogP contribution in [0.25, 0.3) is 0 Å². The standard InChI is InChI=1S/C20H25N3O4/c1-14-11-17(15-4-9-26-10-5-15)27-20(25)18(14)19(24)23-7-2-3-16(23)12-22-8-6-21-13-22/h6,8,11,13,15-16H,2-5,7,9-10,12H2,1H3. The molecule has 2 aliphatic rings. The first kappa shape index (κ1) is 18.0. The Kier molecular flexibility index (Phi) is 5.11. The van der Waals surface area contributed by atoms with Crippen LogP contribution in [0.5, 0.6) is 0 Å². The molecule has 0 bridgehead atoms. The van der Waals surface area contributed by atoms with E-state index in [0.29, 0.717) is 37.6 Å². The summed E-state index contributed by atoms with van der Waals surface area (Å²) in [6, 6.07) is 1.94. The second-order valence-corrected chi connectivity index (χ2v) is 7.43. The van der Waals surface area contributed by atoms with Gasteiger partial charge in [0.25, 0.3) is 5.91 Å². The zero-order valence-electron chi connectivity index (χ0n) is 15.6. The molecule has 2 aromatic heterocycles. The maximum Gasteiger partial charge on any atom is 0.349 e. The Labute approximate surface area is 157 Å². The number of amides is 1. The molecule has 7 nitrogen and oxygen atoms in total. The maximum absolute atomic E-state index is 13.1. The van der Waals surface area contributed by atoms with Gasteiger partial charge in [0.05, 0.1) is 12.4 Å². The fraction of sp³-hybridized carbons (Fsp3) is 0.550. The number of nitrogens with zero attached hydrogens (tertiary/aromatic N) is 3. The largest absolute Gasteiger partial charge is 0.427 e. The van der Waals surface area contributed by atoms with Gasteiger partial charge >= 0.3 is 5.63 Å². The average Bonchev–Trinajstić information content (AvgIpc) is 3.34. The molecule has 0 N–H and O–H groups in total. The first-order valence-electron chi connectivity index (χ1n) is 9.62. The van der Waals surface area contributed by atoms with E-state index in [1.54, 1.807) is 12.5 Å². The molecule has 0 spiro atoms. The summed E-state index contributed by atoms with van der Waals surface area (Å²) in [4.78, 5) is 31.7. The van der Waals surface area contributed by atoms with Crippen molar-refractivity contribution in [2.45, 2.75) is 51.1 Å². The minimum atomic E-state index is -0.519. The van der Waals surface area contributed by atoms with E-state index in [4.69, 9.17) is 9.15 Å². The molecular weight excluding hydrogens is 346 g/mol. The minimum absolute atomic E-state index is 0.0701. The van der Waals surface area contributed by atoms with Gasteiger partial charge in [-0.1, -0.05) is 0 Å². The molecule has 4 heterocycles. The van der Waals surface area contributed by atoms with Crippen LogP contribution in [0.3, 0.4) is 0 Å². The number of hydrogen-bond donors (Lipinski definition) is 0. The number of aryl methyl sites for hydroxylation is 1. The van der Waals surface area contributed by atoms with Crippen LogP contribution in [-0.4, -0.2) is 46.2 Å². The van der Waals surface area contributed by atoms with Gasteiger partial charge in [-0.15, -0.1) is 0 Å². The van der Waals surface area contributed by atoms with Gasteiger partial charge in [-0.05, 0) is 44.2 Å². The lowest BCUT2D eigenvalue weighted by atomic mass is 9.95. The molecule has 4 rings (SSSR count). The number of likely N-dealkylation sites (tertiary alicyclic amines) is 1. The van der Waals surface area contributed by atoms with E-state index in [1.807, 2.05) is 28.7 Å². The zero-order chi connectivity index (χ0) is 18.8. The van der Waals surface area contributed by atoms with Gasteiger partial charge in [0.1, 0.15) is 11.3 Å². The molecule has 27 heavy (non-hydrogen) atoms. The molecule has 144 valence electrons. The topological polar surface area (TPSA) is 77.6 Å². The van der Waals surface area contributed by atoms with Crippen molar-refractivity contribution in [3.63, 3.8) is 0 Å². The molecule has 2 aliphatic heterocycles. The molecule has 0 aromatic carbocycles. The summed E-state index contributed by atoms with van der Waals surface area (Å²) in [6.45, 7) is 4.54. The van der Waals surface area contributed by atoms with Crippen molar-refractivity contribution < 1.29 is 13.9 Å². The van der Waals surface area contributed by atoms with Crippen molar-refractivity contribution >= 4 is 5.91 Å².